The lowest BCUT2D eigenvalue weighted by atomic mass is 10.2. The number of rotatable bonds is 5. The van der Waals surface area contributed by atoms with Gasteiger partial charge in [0.25, 0.3) is 11.5 Å². The van der Waals surface area contributed by atoms with E-state index in [4.69, 9.17) is 27.9 Å². The third kappa shape index (κ3) is 4.40. The van der Waals surface area contributed by atoms with E-state index in [0.717, 1.165) is 8.87 Å². The minimum atomic E-state index is -3.63. The van der Waals surface area contributed by atoms with Crippen molar-refractivity contribution in [3.63, 3.8) is 0 Å². The first kappa shape index (κ1) is 22.4. The summed E-state index contributed by atoms with van der Waals surface area (Å²) in [6.07, 6.45) is 1.15. The minimum Gasteiger partial charge on any atom is -0.489 e. The van der Waals surface area contributed by atoms with Crippen LogP contribution in [0.15, 0.2) is 23.0 Å². The van der Waals surface area contributed by atoms with E-state index in [1.54, 1.807) is 18.2 Å². The third-order valence-electron chi connectivity index (χ3n) is 4.65. The van der Waals surface area contributed by atoms with Crippen LogP contribution < -0.4 is 19.9 Å². The minimum absolute atomic E-state index is 0.0479. The Morgan fingerprint density at radius 1 is 1.27 bits per heavy atom. The molecule has 162 valence electrons. The van der Waals surface area contributed by atoms with Crippen LogP contribution in [0.5, 0.6) is 5.75 Å². The molecule has 1 N–H and O–H groups in total. The van der Waals surface area contributed by atoms with Crippen LogP contribution >= 0.6 is 23.2 Å². The molecule has 0 bridgehead atoms. The maximum Gasteiger partial charge on any atom is 0.297 e. The van der Waals surface area contributed by atoms with E-state index in [9.17, 15) is 18.0 Å². The van der Waals surface area contributed by atoms with Crippen molar-refractivity contribution in [2.75, 3.05) is 23.7 Å². The topological polar surface area (TPSA) is 111 Å². The Labute approximate surface area is 183 Å². The molecular formula is C18H20Cl2N4O5S. The fourth-order valence-electron chi connectivity index (χ4n) is 3.06. The van der Waals surface area contributed by atoms with E-state index in [2.05, 4.69) is 10.3 Å². The molecule has 2 aromatic rings. The van der Waals surface area contributed by atoms with Gasteiger partial charge in [-0.05, 0) is 30.5 Å². The smallest absolute Gasteiger partial charge is 0.297 e. The average Bonchev–Trinajstić information content (AvgIpc) is 2.70. The second kappa shape index (κ2) is 8.83. The van der Waals surface area contributed by atoms with Gasteiger partial charge in [0, 0.05) is 20.1 Å². The molecule has 0 atom stereocenters. The van der Waals surface area contributed by atoms with Crippen LogP contribution in [-0.2, 0) is 23.6 Å². The molecule has 12 heteroatoms. The van der Waals surface area contributed by atoms with Crippen LogP contribution in [0.1, 0.15) is 28.9 Å². The molecule has 0 spiro atoms. The standard InChI is InChI=1S/C18H20Cl2N4O5S/c1-23-17(26)15(29-2)14(22-18(23)24-7-3-4-8-30(24,27)28)16(25)21-10-11-5-6-12(19)13(20)9-11/h5-6,9H,3-4,7-8,10H2,1-2H3,(H,21,25). The Kier molecular flexibility index (Phi) is 6.59. The first-order chi connectivity index (χ1) is 14.2. The SMILES string of the molecule is COc1c(C(=O)NCc2ccc(Cl)c(Cl)c2)nc(N2CCCCS2(=O)=O)n(C)c1=O. The second-order valence-electron chi connectivity index (χ2n) is 6.68. The number of halogens is 2. The largest absolute Gasteiger partial charge is 0.489 e. The molecule has 3 rings (SSSR count). The van der Waals surface area contributed by atoms with Crippen molar-refractivity contribution in [2.45, 2.75) is 19.4 Å². The van der Waals surface area contributed by atoms with E-state index in [1.807, 2.05) is 0 Å². The van der Waals surface area contributed by atoms with Gasteiger partial charge in [-0.2, -0.15) is 0 Å². The van der Waals surface area contributed by atoms with Crippen LogP contribution in [0.2, 0.25) is 10.0 Å². The number of ether oxygens (including phenoxy) is 1. The predicted octanol–water partition coefficient (Wildman–Crippen LogP) is 1.96. The maximum absolute atomic E-state index is 12.8. The van der Waals surface area contributed by atoms with E-state index >= 15 is 0 Å². The molecule has 0 unspecified atom stereocenters. The van der Waals surface area contributed by atoms with Crippen LogP contribution in [0.4, 0.5) is 5.95 Å². The molecule has 0 radical (unpaired) electrons. The van der Waals surface area contributed by atoms with Gasteiger partial charge in [0.15, 0.2) is 5.69 Å². The lowest BCUT2D eigenvalue weighted by Crippen LogP contribution is -2.42. The molecule has 0 saturated carbocycles. The zero-order chi connectivity index (χ0) is 22.1. The van der Waals surface area contributed by atoms with Crippen LogP contribution in [0.3, 0.4) is 0 Å². The summed E-state index contributed by atoms with van der Waals surface area (Å²) in [4.78, 5) is 29.7. The van der Waals surface area contributed by atoms with E-state index in [0.29, 0.717) is 28.5 Å². The predicted molar refractivity (Wildman–Crippen MR) is 114 cm³/mol. The highest BCUT2D eigenvalue weighted by molar-refractivity contribution is 7.92. The summed E-state index contributed by atoms with van der Waals surface area (Å²) in [5.74, 6) is -1.14. The summed E-state index contributed by atoms with van der Waals surface area (Å²) < 4.78 is 32.2. The molecule has 1 aromatic heterocycles. The fourth-order valence-corrected chi connectivity index (χ4v) is 4.99. The Balaban J connectivity index is 1.96. The zero-order valence-corrected chi connectivity index (χ0v) is 18.6. The Bertz CT molecular complexity index is 1150. The lowest BCUT2D eigenvalue weighted by molar-refractivity contribution is 0.0942. The Hall–Kier alpha value is -2.30. The highest BCUT2D eigenvalue weighted by Gasteiger charge is 2.31. The van der Waals surface area contributed by atoms with Gasteiger partial charge in [-0.15, -0.1) is 0 Å². The second-order valence-corrected chi connectivity index (χ2v) is 9.51. The normalized spacial score (nSPS) is 15.7. The first-order valence-corrected chi connectivity index (χ1v) is 11.4. The van der Waals surface area contributed by atoms with Crippen molar-refractivity contribution in [3.05, 3.63) is 49.9 Å². The van der Waals surface area contributed by atoms with Crippen molar-refractivity contribution >= 4 is 45.1 Å². The molecule has 0 aliphatic carbocycles. The number of nitrogens with zero attached hydrogens (tertiary/aromatic N) is 3. The quantitative estimate of drug-likeness (QED) is 0.708. The number of sulfonamides is 1. The molecule has 1 aromatic carbocycles. The van der Waals surface area contributed by atoms with Gasteiger partial charge < -0.3 is 10.1 Å². The van der Waals surface area contributed by atoms with Gasteiger partial charge in [-0.25, -0.2) is 17.7 Å². The number of benzene rings is 1. The van der Waals surface area contributed by atoms with Crippen molar-refractivity contribution in [3.8, 4) is 5.75 Å². The molecule has 1 aliphatic rings. The van der Waals surface area contributed by atoms with Crippen molar-refractivity contribution < 1.29 is 17.9 Å². The molecular weight excluding hydrogens is 455 g/mol. The molecule has 9 nitrogen and oxygen atoms in total. The Morgan fingerprint density at radius 3 is 2.63 bits per heavy atom. The molecule has 1 fully saturated rings. The monoisotopic (exact) mass is 474 g/mol. The summed E-state index contributed by atoms with van der Waals surface area (Å²) in [7, 11) is -1.01. The van der Waals surface area contributed by atoms with Gasteiger partial charge in [-0.3, -0.25) is 14.2 Å². The number of carbonyl (C=O) groups is 1. The van der Waals surface area contributed by atoms with Crippen LogP contribution in [-0.4, -0.2) is 43.3 Å². The number of amides is 1. The number of anilines is 1. The molecule has 1 amide bonds. The molecule has 30 heavy (non-hydrogen) atoms. The molecule has 1 aliphatic heterocycles. The number of methoxy groups -OCH3 is 1. The van der Waals surface area contributed by atoms with Gasteiger partial charge in [0.05, 0.1) is 22.9 Å². The fraction of sp³-hybridized carbons (Fsp3) is 0.389. The average molecular weight is 475 g/mol. The van der Waals surface area contributed by atoms with Crippen LogP contribution in [0, 0.1) is 0 Å². The van der Waals surface area contributed by atoms with Crippen molar-refractivity contribution in [1.82, 2.24) is 14.9 Å². The Morgan fingerprint density at radius 2 is 2.00 bits per heavy atom. The lowest BCUT2D eigenvalue weighted by Gasteiger charge is -2.28. The number of hydrogen-bond acceptors (Lipinski definition) is 6. The summed E-state index contributed by atoms with van der Waals surface area (Å²) >= 11 is 11.9. The number of aromatic nitrogens is 2. The maximum atomic E-state index is 12.8. The summed E-state index contributed by atoms with van der Waals surface area (Å²) in [6, 6.07) is 4.89. The highest BCUT2D eigenvalue weighted by Crippen LogP contribution is 2.24. The van der Waals surface area contributed by atoms with Crippen LogP contribution in [0.25, 0.3) is 0 Å². The first-order valence-electron chi connectivity index (χ1n) is 9.03. The van der Waals surface area contributed by atoms with Gasteiger partial charge >= 0.3 is 0 Å². The zero-order valence-electron chi connectivity index (χ0n) is 16.3. The van der Waals surface area contributed by atoms with Gasteiger partial charge in [-0.1, -0.05) is 29.3 Å². The highest BCUT2D eigenvalue weighted by atomic mass is 35.5. The van der Waals surface area contributed by atoms with E-state index in [-0.39, 0.29) is 36.2 Å². The molecule has 1 saturated heterocycles. The van der Waals surface area contributed by atoms with Gasteiger partial charge in [0.1, 0.15) is 0 Å². The van der Waals surface area contributed by atoms with E-state index in [1.165, 1.54) is 14.2 Å². The van der Waals surface area contributed by atoms with Crippen molar-refractivity contribution in [1.29, 1.82) is 0 Å². The summed E-state index contributed by atoms with van der Waals surface area (Å²) in [6.45, 7) is 0.270. The van der Waals surface area contributed by atoms with E-state index < -0.39 is 21.5 Å². The third-order valence-corrected chi connectivity index (χ3v) is 7.22. The number of carbonyl (C=O) groups excluding carboxylic acids is 1. The number of nitrogens with one attached hydrogen (secondary N) is 1. The molecule has 2 heterocycles. The summed E-state index contributed by atoms with van der Waals surface area (Å²) in [5.41, 5.74) is -0.279. The number of hydrogen-bond donors (Lipinski definition) is 1. The van der Waals surface area contributed by atoms with Crippen molar-refractivity contribution in [2.24, 2.45) is 7.05 Å². The summed E-state index contributed by atoms with van der Waals surface area (Å²) in [5, 5.41) is 3.36. The van der Waals surface area contributed by atoms with Gasteiger partial charge in [0.2, 0.25) is 21.7 Å².